The zero-order valence-corrected chi connectivity index (χ0v) is 39.8. The molecular weight excluding hydrogens is 875 g/mol. The number of esters is 5. The van der Waals surface area contributed by atoms with E-state index in [-0.39, 0.29) is 66.7 Å². The van der Waals surface area contributed by atoms with E-state index in [1.807, 2.05) is 13.0 Å². The highest BCUT2D eigenvalue weighted by Gasteiger charge is 2.39. The molecule has 0 saturated heterocycles. The molecular formula is C45H61N9O13. The van der Waals surface area contributed by atoms with Gasteiger partial charge in [0.1, 0.15) is 49.1 Å². The Morgan fingerprint density at radius 2 is 1.55 bits per heavy atom. The molecule has 6 atom stereocenters. The molecule has 2 N–H and O–H groups in total. The third-order valence-corrected chi connectivity index (χ3v) is 9.08. The van der Waals surface area contributed by atoms with Crippen LogP contribution in [0.5, 0.6) is 5.75 Å². The number of aliphatic imine (C=N–C) groups is 3. The minimum absolute atomic E-state index is 0.0337. The highest BCUT2D eigenvalue weighted by Crippen LogP contribution is 2.25. The lowest BCUT2D eigenvalue weighted by Gasteiger charge is -2.27. The molecule has 6 unspecified atom stereocenters. The third-order valence-electron chi connectivity index (χ3n) is 9.08. The van der Waals surface area contributed by atoms with Gasteiger partial charge < -0.3 is 38.8 Å². The van der Waals surface area contributed by atoms with Gasteiger partial charge in [0.15, 0.2) is 36.6 Å². The number of carbonyl (C=O) groups excluding carboxylic acids is 6. The van der Waals surface area contributed by atoms with E-state index in [0.717, 1.165) is 6.42 Å². The number of pyridine rings is 1. The lowest BCUT2D eigenvalue weighted by molar-refractivity contribution is -0.145. The molecule has 1 aromatic heterocycles. The number of ketones is 1. The molecule has 22 nitrogen and oxygen atoms in total. The van der Waals surface area contributed by atoms with Crippen molar-refractivity contribution in [2.24, 2.45) is 32.7 Å². The molecule has 0 radical (unpaired) electrons. The minimum Gasteiger partial charge on any atom is -0.505 e. The van der Waals surface area contributed by atoms with Gasteiger partial charge in [0, 0.05) is 44.9 Å². The van der Waals surface area contributed by atoms with Gasteiger partial charge in [0.25, 0.3) is 0 Å². The fraction of sp³-hybridized carbons (Fsp3) is 0.556. The third kappa shape index (κ3) is 25.0. The molecule has 4 heterocycles. The molecule has 3 aliphatic heterocycles. The number of aromatic hydroxyl groups is 1. The minimum atomic E-state index is -1.18. The summed E-state index contributed by atoms with van der Waals surface area (Å²) in [5.41, 5.74) is 1.40. The van der Waals surface area contributed by atoms with E-state index >= 15 is 0 Å². The first-order valence-corrected chi connectivity index (χ1v) is 20.9. The van der Waals surface area contributed by atoms with Gasteiger partial charge in [-0.05, 0) is 59.8 Å². The topological polar surface area (TPSA) is 318 Å². The number of hydrogen-bond acceptors (Lipinski definition) is 21. The summed E-state index contributed by atoms with van der Waals surface area (Å²) in [6.07, 6.45) is 4.88. The van der Waals surface area contributed by atoms with Crippen LogP contribution in [0.1, 0.15) is 98.9 Å². The van der Waals surface area contributed by atoms with Crippen LogP contribution in [0.2, 0.25) is 0 Å². The van der Waals surface area contributed by atoms with Gasteiger partial charge in [0.2, 0.25) is 0 Å². The smallest absolute Gasteiger partial charge is 0.354 e. The average Bonchev–Trinajstić information content (AvgIpc) is 3.84. The summed E-state index contributed by atoms with van der Waals surface area (Å²) in [4.78, 5) is 84.6. The highest BCUT2D eigenvalue weighted by molar-refractivity contribution is 6.40. The molecule has 0 saturated carbocycles. The number of nitriles is 3. The lowest BCUT2D eigenvalue weighted by Crippen LogP contribution is -2.42. The number of rotatable bonds is 12. The van der Waals surface area contributed by atoms with E-state index in [1.165, 1.54) is 72.2 Å². The van der Waals surface area contributed by atoms with E-state index < -0.39 is 42.0 Å². The van der Waals surface area contributed by atoms with Gasteiger partial charge >= 0.3 is 29.8 Å². The molecule has 4 rings (SSSR count). The molecule has 0 bridgehead atoms. The van der Waals surface area contributed by atoms with Gasteiger partial charge in [-0.1, -0.05) is 27.7 Å². The van der Waals surface area contributed by atoms with Crippen molar-refractivity contribution in [3.63, 3.8) is 0 Å². The van der Waals surface area contributed by atoms with Gasteiger partial charge in [-0.25, -0.2) is 24.4 Å². The fourth-order valence-corrected chi connectivity index (χ4v) is 5.04. The average molecular weight is 936 g/mol. The second-order valence-electron chi connectivity index (χ2n) is 13.9. The second-order valence-corrected chi connectivity index (χ2v) is 13.9. The van der Waals surface area contributed by atoms with Crippen LogP contribution >= 0.6 is 0 Å². The number of aliphatic hydroxyl groups is 1. The number of aryl methyl sites for hydroxylation is 1. The van der Waals surface area contributed by atoms with Crippen LogP contribution < -0.4 is 0 Å². The normalized spacial score (nSPS) is 18.8. The van der Waals surface area contributed by atoms with E-state index in [9.17, 15) is 39.0 Å². The summed E-state index contributed by atoms with van der Waals surface area (Å²) in [5.74, 6) is -4.27. The highest BCUT2D eigenvalue weighted by atomic mass is 16.6. The van der Waals surface area contributed by atoms with Crippen molar-refractivity contribution in [2.75, 3.05) is 32.8 Å². The number of Topliss-reactive ketones (excluding diaryl/α,β-unsaturated/α-hetero) is 1. The number of cyclic esters (lactones) is 2. The Morgan fingerprint density at radius 3 is 1.94 bits per heavy atom. The Kier molecular flexibility index (Phi) is 32.2. The summed E-state index contributed by atoms with van der Waals surface area (Å²) in [7, 11) is 0. The van der Waals surface area contributed by atoms with Gasteiger partial charge in [0.05, 0.1) is 36.0 Å². The predicted molar refractivity (Wildman–Crippen MR) is 241 cm³/mol. The summed E-state index contributed by atoms with van der Waals surface area (Å²) >= 11 is 0. The number of carbonyl (C=O) groups is 6. The lowest BCUT2D eigenvalue weighted by atomic mass is 9.85. The summed E-state index contributed by atoms with van der Waals surface area (Å²) < 4.78 is 23.2. The SMILES string of the molecule is CC(=O)OCC1C(O)N=C(C)C(=O)C1C#N.CC(=O)OCc1cnc(C)c(O)c1C#N.CC1N=COC1=O.CCC(CC#N)C1N=C(C)C(=O)O1.CCN(CC)CC.[C-]#[N+]/C=C\COC(C)=O. The zero-order valence-electron chi connectivity index (χ0n) is 39.8. The van der Waals surface area contributed by atoms with E-state index in [2.05, 4.69) is 66.0 Å². The number of ether oxygens (including phenoxy) is 5. The van der Waals surface area contributed by atoms with Crippen LogP contribution in [0.25, 0.3) is 4.85 Å². The number of aliphatic hydroxyl groups excluding tert-OH is 1. The van der Waals surface area contributed by atoms with Crippen LogP contribution in [0.4, 0.5) is 0 Å². The van der Waals surface area contributed by atoms with E-state index in [4.69, 9.17) is 36.6 Å². The first kappa shape index (κ1) is 61.7. The van der Waals surface area contributed by atoms with Crippen LogP contribution in [-0.2, 0) is 59.1 Å². The Hall–Kier alpha value is -7.40. The number of hydrogen-bond donors (Lipinski definition) is 2. The first-order valence-electron chi connectivity index (χ1n) is 20.9. The predicted octanol–water partition coefficient (Wildman–Crippen LogP) is 4.26. The molecule has 0 spiro atoms. The molecule has 0 fully saturated rings. The molecule has 3 aliphatic rings. The Labute approximate surface area is 391 Å². The maximum Gasteiger partial charge on any atom is 0.354 e. The van der Waals surface area contributed by atoms with Gasteiger partial charge in [-0.15, -0.1) is 0 Å². The standard InChI is InChI=1S/C10H12N2O4.C10H10N2O3.C9H12N2O2.C6H7NO2.C6H15N.C4H5NO2/c1-5-9(14)7(3-11)8(10(15)12-5)4-16-6(2)13;1-6-10(14)9(3-11)8(4-12-6)5-15-7(2)13;1-3-7(4-5-10)8-11-6(2)9(12)13-8;1-6(8)9-5-3-4-7-2;1-4-7(5-2)6-3;1-3-4(6)7-2-5-3/h7-8,10,15H,4H2,1-2H3;4,14H,5H2,1-2H3;7-8H,3-4H2,1-2H3;3-4H,5H2,1H3;4-6H2,1-3H3;2-3H,1H3/b;;;4-3-;;. The molecule has 0 aliphatic carbocycles. The van der Waals surface area contributed by atoms with Crippen LogP contribution in [0, 0.1) is 65.2 Å². The molecule has 0 aromatic carbocycles. The largest absolute Gasteiger partial charge is 0.505 e. The summed E-state index contributed by atoms with van der Waals surface area (Å²) in [6, 6.07) is 5.44. The summed E-state index contributed by atoms with van der Waals surface area (Å²) in [6.45, 7) is 28.5. The maximum atomic E-state index is 11.6. The number of nitrogens with zero attached hydrogens (tertiary/aromatic N) is 9. The van der Waals surface area contributed by atoms with Crippen molar-refractivity contribution in [3.8, 4) is 24.0 Å². The number of aromatic nitrogens is 1. The quantitative estimate of drug-likeness (QED) is 0.168. The van der Waals surface area contributed by atoms with Crippen LogP contribution in [0.15, 0.2) is 33.5 Å². The van der Waals surface area contributed by atoms with Gasteiger partial charge in [-0.2, -0.15) is 15.8 Å². The van der Waals surface area contributed by atoms with Crippen molar-refractivity contribution in [3.05, 3.63) is 46.7 Å². The van der Waals surface area contributed by atoms with Crippen molar-refractivity contribution in [2.45, 2.75) is 114 Å². The molecule has 0 amide bonds. The van der Waals surface area contributed by atoms with E-state index in [1.54, 1.807) is 26.8 Å². The van der Waals surface area contributed by atoms with Gasteiger partial charge in [-0.3, -0.25) is 29.2 Å². The van der Waals surface area contributed by atoms with Crippen molar-refractivity contribution in [1.82, 2.24) is 9.88 Å². The maximum absolute atomic E-state index is 11.6. The molecule has 364 valence electrons. The molecule has 22 heteroatoms. The van der Waals surface area contributed by atoms with Crippen molar-refractivity contribution in [1.29, 1.82) is 15.8 Å². The van der Waals surface area contributed by atoms with Crippen molar-refractivity contribution < 1.29 is 62.7 Å². The second kappa shape index (κ2) is 34.9. The van der Waals surface area contributed by atoms with Crippen LogP contribution in [0.3, 0.4) is 0 Å². The monoisotopic (exact) mass is 935 g/mol. The van der Waals surface area contributed by atoms with Crippen molar-refractivity contribution >= 4 is 53.5 Å². The van der Waals surface area contributed by atoms with Crippen LogP contribution in [-0.4, -0.2) is 125 Å². The Balaban J connectivity index is 0. The van der Waals surface area contributed by atoms with E-state index in [0.29, 0.717) is 23.4 Å². The Morgan fingerprint density at radius 1 is 0.955 bits per heavy atom. The first-order chi connectivity index (χ1) is 31.6. The Bertz CT molecular complexity index is 2100. The molecule has 67 heavy (non-hydrogen) atoms. The summed E-state index contributed by atoms with van der Waals surface area (Å²) in [5, 5.41) is 45.3. The zero-order chi connectivity index (χ0) is 51.6. The fourth-order valence-electron chi connectivity index (χ4n) is 5.04. The molecule has 1 aromatic rings.